The van der Waals surface area contributed by atoms with Crippen molar-refractivity contribution in [2.45, 2.75) is 18.8 Å². The molecule has 0 radical (unpaired) electrons. The van der Waals surface area contributed by atoms with Crippen LogP contribution in [0, 0.1) is 0 Å². The molecule has 0 spiro atoms. The van der Waals surface area contributed by atoms with Crippen molar-refractivity contribution in [1.29, 1.82) is 0 Å². The van der Waals surface area contributed by atoms with E-state index in [0.717, 1.165) is 59.8 Å². The summed E-state index contributed by atoms with van der Waals surface area (Å²) in [6.45, 7) is 1.95. The van der Waals surface area contributed by atoms with Gasteiger partial charge in [0.15, 0.2) is 5.82 Å². The summed E-state index contributed by atoms with van der Waals surface area (Å²) >= 11 is 0. The molecule has 1 aliphatic heterocycles. The molecule has 5 rings (SSSR count). The van der Waals surface area contributed by atoms with E-state index in [0.29, 0.717) is 11.7 Å². The number of aromatic nitrogens is 4. The van der Waals surface area contributed by atoms with E-state index in [1.165, 1.54) is 6.33 Å². The van der Waals surface area contributed by atoms with E-state index in [1.54, 1.807) is 0 Å². The molecule has 4 aromatic rings. The number of para-hydroxylation sites is 1. The summed E-state index contributed by atoms with van der Waals surface area (Å²) in [5.41, 5.74) is 9.67. The maximum absolute atomic E-state index is 6.22. The van der Waals surface area contributed by atoms with Gasteiger partial charge < -0.3 is 15.8 Å². The average Bonchev–Trinajstić information content (AvgIpc) is 3.17. The van der Waals surface area contributed by atoms with Crippen LogP contribution < -0.4 is 15.8 Å². The number of piperidine rings is 1. The quantitative estimate of drug-likeness (QED) is 0.556. The zero-order chi connectivity index (χ0) is 19.6. The maximum atomic E-state index is 6.22. The predicted molar refractivity (Wildman–Crippen MR) is 112 cm³/mol. The zero-order valence-corrected chi connectivity index (χ0v) is 16.0. The standard InChI is InChI=1S/C22H22N6O/c23-22-21-20(25-14-26-22)19(15-5-4-12-24-13-15)27-28(21)16-8-10-18(11-9-16)29-17-6-2-1-3-7-17/h1-3,6-11,14-15,24H,4-5,12-13H2,(H2,23,25,26). The number of rotatable bonds is 4. The lowest BCUT2D eigenvalue weighted by molar-refractivity contribution is 0.454. The average molecular weight is 386 g/mol. The van der Waals surface area contributed by atoms with E-state index in [9.17, 15) is 0 Å². The molecule has 1 aliphatic rings. The number of nitrogen functional groups attached to an aromatic ring is 1. The van der Waals surface area contributed by atoms with Crippen molar-refractivity contribution in [1.82, 2.24) is 25.1 Å². The molecule has 1 atom stereocenters. The molecule has 0 aliphatic carbocycles. The summed E-state index contributed by atoms with van der Waals surface area (Å²) in [5, 5.41) is 8.36. The Morgan fingerprint density at radius 3 is 2.55 bits per heavy atom. The van der Waals surface area contributed by atoms with Crippen LogP contribution >= 0.6 is 0 Å². The van der Waals surface area contributed by atoms with Crippen molar-refractivity contribution < 1.29 is 4.74 Å². The van der Waals surface area contributed by atoms with Gasteiger partial charge in [0.2, 0.25) is 0 Å². The minimum Gasteiger partial charge on any atom is -0.457 e. The molecule has 0 bridgehead atoms. The van der Waals surface area contributed by atoms with Gasteiger partial charge in [-0.05, 0) is 55.8 Å². The van der Waals surface area contributed by atoms with Crippen molar-refractivity contribution in [2.75, 3.05) is 18.8 Å². The van der Waals surface area contributed by atoms with Crippen LogP contribution in [-0.2, 0) is 0 Å². The van der Waals surface area contributed by atoms with Crippen LogP contribution in [0.25, 0.3) is 16.7 Å². The topological polar surface area (TPSA) is 90.9 Å². The van der Waals surface area contributed by atoms with Crippen LogP contribution in [0.5, 0.6) is 11.5 Å². The smallest absolute Gasteiger partial charge is 0.153 e. The Labute approximate surface area is 168 Å². The molecule has 2 aromatic heterocycles. The van der Waals surface area contributed by atoms with Crippen LogP contribution in [0.4, 0.5) is 5.82 Å². The zero-order valence-electron chi connectivity index (χ0n) is 16.0. The Morgan fingerprint density at radius 2 is 1.79 bits per heavy atom. The molecule has 3 N–H and O–H groups in total. The Hall–Kier alpha value is -3.45. The normalized spacial score (nSPS) is 16.8. The second-order valence-electron chi connectivity index (χ2n) is 7.21. The molecule has 3 heterocycles. The largest absolute Gasteiger partial charge is 0.457 e. The lowest BCUT2D eigenvalue weighted by Gasteiger charge is -2.20. The third-order valence-corrected chi connectivity index (χ3v) is 5.26. The minimum absolute atomic E-state index is 0.322. The number of ether oxygens (including phenoxy) is 1. The SMILES string of the molecule is Nc1ncnc2c(C3CCCNC3)nn(-c3ccc(Oc4ccccc4)cc3)c12. The fourth-order valence-corrected chi connectivity index (χ4v) is 3.82. The molecule has 1 fully saturated rings. The molecule has 7 nitrogen and oxygen atoms in total. The minimum atomic E-state index is 0.322. The highest BCUT2D eigenvalue weighted by Crippen LogP contribution is 2.32. The summed E-state index contributed by atoms with van der Waals surface area (Å²) in [5.74, 6) is 2.32. The first kappa shape index (κ1) is 17.6. The first-order chi connectivity index (χ1) is 14.3. The molecule has 29 heavy (non-hydrogen) atoms. The van der Waals surface area contributed by atoms with Gasteiger partial charge in [0, 0.05) is 12.5 Å². The number of fused-ring (bicyclic) bond motifs is 1. The van der Waals surface area contributed by atoms with Crippen molar-refractivity contribution in [3.63, 3.8) is 0 Å². The Balaban J connectivity index is 1.52. The van der Waals surface area contributed by atoms with Crippen LogP contribution in [-0.4, -0.2) is 32.8 Å². The third kappa shape index (κ3) is 3.40. The number of anilines is 1. The van der Waals surface area contributed by atoms with Gasteiger partial charge in [-0.3, -0.25) is 0 Å². The number of hydrogen-bond acceptors (Lipinski definition) is 6. The lowest BCUT2D eigenvalue weighted by atomic mass is 9.95. The van der Waals surface area contributed by atoms with Crippen LogP contribution in [0.2, 0.25) is 0 Å². The predicted octanol–water partition coefficient (Wildman–Crippen LogP) is 3.66. The fraction of sp³-hybridized carbons (Fsp3) is 0.227. The number of nitrogens with one attached hydrogen (secondary N) is 1. The molecule has 7 heteroatoms. The first-order valence-corrected chi connectivity index (χ1v) is 9.83. The summed E-state index contributed by atoms with van der Waals surface area (Å²) < 4.78 is 7.74. The molecule has 1 unspecified atom stereocenters. The number of benzene rings is 2. The van der Waals surface area contributed by atoms with E-state index in [2.05, 4.69) is 15.3 Å². The van der Waals surface area contributed by atoms with Gasteiger partial charge in [0.1, 0.15) is 28.9 Å². The number of nitrogens with zero attached hydrogens (tertiary/aromatic N) is 4. The highest BCUT2D eigenvalue weighted by Gasteiger charge is 2.24. The number of hydrogen-bond donors (Lipinski definition) is 2. The summed E-state index contributed by atoms with van der Waals surface area (Å²) in [7, 11) is 0. The Kier molecular flexibility index (Phi) is 4.57. The monoisotopic (exact) mass is 386 g/mol. The molecule has 2 aromatic carbocycles. The van der Waals surface area contributed by atoms with Gasteiger partial charge in [-0.15, -0.1) is 0 Å². The van der Waals surface area contributed by atoms with Crippen molar-refractivity contribution in [3.8, 4) is 17.2 Å². The van der Waals surface area contributed by atoms with E-state index in [1.807, 2.05) is 59.3 Å². The van der Waals surface area contributed by atoms with E-state index in [-0.39, 0.29) is 0 Å². The van der Waals surface area contributed by atoms with Crippen LogP contribution in [0.3, 0.4) is 0 Å². The third-order valence-electron chi connectivity index (χ3n) is 5.26. The van der Waals surface area contributed by atoms with E-state index < -0.39 is 0 Å². The molecule has 1 saturated heterocycles. The maximum Gasteiger partial charge on any atom is 0.153 e. The van der Waals surface area contributed by atoms with Crippen LogP contribution in [0.1, 0.15) is 24.5 Å². The molecule has 146 valence electrons. The first-order valence-electron chi connectivity index (χ1n) is 9.83. The summed E-state index contributed by atoms with van der Waals surface area (Å²) in [6, 6.07) is 17.5. The second-order valence-corrected chi connectivity index (χ2v) is 7.21. The second kappa shape index (κ2) is 7.52. The van der Waals surface area contributed by atoms with Crippen molar-refractivity contribution in [2.24, 2.45) is 0 Å². The fourth-order valence-electron chi connectivity index (χ4n) is 3.82. The Morgan fingerprint density at radius 1 is 1.00 bits per heavy atom. The molecular formula is C22H22N6O. The highest BCUT2D eigenvalue weighted by atomic mass is 16.5. The van der Waals surface area contributed by atoms with E-state index >= 15 is 0 Å². The summed E-state index contributed by atoms with van der Waals surface area (Å²) in [4.78, 5) is 8.70. The molecule has 0 amide bonds. The van der Waals surface area contributed by atoms with Gasteiger partial charge in [-0.1, -0.05) is 18.2 Å². The van der Waals surface area contributed by atoms with Crippen LogP contribution in [0.15, 0.2) is 60.9 Å². The Bertz CT molecular complexity index is 1120. The van der Waals surface area contributed by atoms with E-state index in [4.69, 9.17) is 15.6 Å². The van der Waals surface area contributed by atoms with Crippen molar-refractivity contribution in [3.05, 3.63) is 66.6 Å². The molecule has 0 saturated carbocycles. The van der Waals surface area contributed by atoms with Gasteiger partial charge in [-0.25, -0.2) is 14.6 Å². The van der Waals surface area contributed by atoms with Crippen molar-refractivity contribution >= 4 is 16.9 Å². The highest BCUT2D eigenvalue weighted by molar-refractivity contribution is 5.88. The number of nitrogens with two attached hydrogens (primary N) is 1. The van der Waals surface area contributed by atoms with Gasteiger partial charge >= 0.3 is 0 Å². The van der Waals surface area contributed by atoms with Gasteiger partial charge in [-0.2, -0.15) is 5.10 Å². The van der Waals surface area contributed by atoms with Gasteiger partial charge in [0.05, 0.1) is 11.4 Å². The van der Waals surface area contributed by atoms with Gasteiger partial charge in [0.25, 0.3) is 0 Å². The molecular weight excluding hydrogens is 364 g/mol. The summed E-state index contributed by atoms with van der Waals surface area (Å²) in [6.07, 6.45) is 3.73. The lowest BCUT2D eigenvalue weighted by Crippen LogP contribution is -2.28.